The largest absolute Gasteiger partial charge is 0.459 e. The molecule has 2 rings (SSSR count). The van der Waals surface area contributed by atoms with Crippen LogP contribution in [0.25, 0.3) is 0 Å². The monoisotopic (exact) mass is 385 g/mol. The first-order chi connectivity index (χ1) is 13.2. The molecule has 0 bridgehead atoms. The highest BCUT2D eigenvalue weighted by atomic mass is 16.3. The Labute approximate surface area is 167 Å². The van der Waals surface area contributed by atoms with E-state index in [9.17, 15) is 9.59 Å². The second-order valence-electron chi connectivity index (χ2n) is 7.55. The smallest absolute Gasteiger partial charge is 0.290 e. The van der Waals surface area contributed by atoms with Gasteiger partial charge in [-0.2, -0.15) is 0 Å². The van der Waals surface area contributed by atoms with E-state index in [0.717, 1.165) is 23.4 Å². The zero-order valence-corrected chi connectivity index (χ0v) is 17.7. The fraction of sp³-hybridized carbons (Fsp3) is 0.455. The lowest BCUT2D eigenvalue weighted by Gasteiger charge is -2.30. The third kappa shape index (κ3) is 5.15. The third-order valence-electron chi connectivity index (χ3n) is 4.81. The SMILES string of the molecule is CC[C@@H](C)N(Cc1cc(NC(=O)C(C)C)ccc1N(C)C)C(=O)c1ccco1. The fourth-order valence-electron chi connectivity index (χ4n) is 2.89. The molecule has 1 atom stereocenters. The van der Waals surface area contributed by atoms with Gasteiger partial charge in [0.25, 0.3) is 5.91 Å². The Bertz CT molecular complexity index is 797. The summed E-state index contributed by atoms with van der Waals surface area (Å²) in [5.74, 6) is 0.0553. The summed E-state index contributed by atoms with van der Waals surface area (Å²) in [5.41, 5.74) is 2.70. The van der Waals surface area contributed by atoms with Gasteiger partial charge in [-0.25, -0.2) is 0 Å². The van der Waals surface area contributed by atoms with Gasteiger partial charge in [0.1, 0.15) is 0 Å². The van der Waals surface area contributed by atoms with Crippen LogP contribution in [0.3, 0.4) is 0 Å². The van der Waals surface area contributed by atoms with Crippen LogP contribution in [0.5, 0.6) is 0 Å². The van der Waals surface area contributed by atoms with Gasteiger partial charge in [0.2, 0.25) is 5.91 Å². The molecule has 2 amide bonds. The van der Waals surface area contributed by atoms with Crippen LogP contribution in [0.2, 0.25) is 0 Å². The van der Waals surface area contributed by atoms with Gasteiger partial charge in [0.05, 0.1) is 6.26 Å². The van der Waals surface area contributed by atoms with Gasteiger partial charge in [0.15, 0.2) is 5.76 Å². The molecule has 0 aliphatic rings. The highest BCUT2D eigenvalue weighted by Crippen LogP contribution is 2.26. The van der Waals surface area contributed by atoms with Crippen LogP contribution < -0.4 is 10.2 Å². The van der Waals surface area contributed by atoms with E-state index >= 15 is 0 Å². The molecule has 0 aliphatic carbocycles. The first-order valence-electron chi connectivity index (χ1n) is 9.70. The Hall–Kier alpha value is -2.76. The second kappa shape index (κ2) is 9.44. The number of nitrogens with one attached hydrogen (secondary N) is 1. The van der Waals surface area contributed by atoms with E-state index in [1.165, 1.54) is 6.26 Å². The number of anilines is 2. The summed E-state index contributed by atoms with van der Waals surface area (Å²) in [4.78, 5) is 28.9. The Morgan fingerprint density at radius 1 is 1.14 bits per heavy atom. The summed E-state index contributed by atoms with van der Waals surface area (Å²) in [6.07, 6.45) is 2.34. The van der Waals surface area contributed by atoms with Crippen molar-refractivity contribution in [3.05, 3.63) is 47.9 Å². The van der Waals surface area contributed by atoms with E-state index in [1.807, 2.05) is 62.9 Å². The van der Waals surface area contributed by atoms with Crippen molar-refractivity contribution < 1.29 is 14.0 Å². The second-order valence-corrected chi connectivity index (χ2v) is 7.55. The molecule has 1 N–H and O–H groups in total. The molecule has 0 unspecified atom stereocenters. The number of carbonyl (C=O) groups excluding carboxylic acids is 2. The van der Waals surface area contributed by atoms with Crippen LogP contribution in [-0.2, 0) is 11.3 Å². The lowest BCUT2D eigenvalue weighted by Crippen LogP contribution is -2.38. The van der Waals surface area contributed by atoms with Crippen molar-refractivity contribution in [1.29, 1.82) is 0 Å². The third-order valence-corrected chi connectivity index (χ3v) is 4.81. The molecule has 0 fully saturated rings. The predicted molar refractivity (Wildman–Crippen MR) is 113 cm³/mol. The van der Waals surface area contributed by atoms with Crippen LogP contribution in [0.15, 0.2) is 41.0 Å². The van der Waals surface area contributed by atoms with E-state index in [4.69, 9.17) is 4.42 Å². The van der Waals surface area contributed by atoms with Crippen molar-refractivity contribution in [3.8, 4) is 0 Å². The van der Waals surface area contributed by atoms with Gasteiger partial charge >= 0.3 is 0 Å². The van der Waals surface area contributed by atoms with Crippen molar-refractivity contribution >= 4 is 23.2 Å². The molecule has 2 aromatic rings. The Morgan fingerprint density at radius 2 is 1.86 bits per heavy atom. The Kier molecular flexibility index (Phi) is 7.26. The lowest BCUT2D eigenvalue weighted by atomic mass is 10.1. The molecule has 0 spiro atoms. The molecule has 0 aliphatic heterocycles. The summed E-state index contributed by atoms with van der Waals surface area (Å²) in [7, 11) is 3.93. The number of hydrogen-bond acceptors (Lipinski definition) is 4. The van der Waals surface area contributed by atoms with Crippen molar-refractivity contribution in [2.45, 2.75) is 46.7 Å². The molecular weight excluding hydrogens is 354 g/mol. The first-order valence-corrected chi connectivity index (χ1v) is 9.70. The highest BCUT2D eigenvalue weighted by Gasteiger charge is 2.24. The molecule has 1 aromatic heterocycles. The number of carbonyl (C=O) groups is 2. The minimum Gasteiger partial charge on any atom is -0.459 e. The zero-order valence-electron chi connectivity index (χ0n) is 17.7. The molecule has 1 heterocycles. The molecular formula is C22H31N3O3. The van der Waals surface area contributed by atoms with Gasteiger partial charge < -0.3 is 19.5 Å². The standard InChI is InChI=1S/C22H31N3O3/c1-7-16(4)25(22(27)20-9-8-12-28-20)14-17-13-18(23-21(26)15(2)3)10-11-19(17)24(5)6/h8-13,15-16H,7,14H2,1-6H3,(H,23,26)/t16-/m1/s1. The average Bonchev–Trinajstić information content (AvgIpc) is 3.19. The zero-order chi connectivity index (χ0) is 20.8. The number of nitrogens with zero attached hydrogens (tertiary/aromatic N) is 2. The molecule has 6 nitrogen and oxygen atoms in total. The average molecular weight is 386 g/mol. The van der Waals surface area contributed by atoms with Gasteiger partial charge in [-0.15, -0.1) is 0 Å². The summed E-state index contributed by atoms with van der Waals surface area (Å²) in [5, 5.41) is 2.94. The number of hydrogen-bond donors (Lipinski definition) is 1. The quantitative estimate of drug-likeness (QED) is 0.732. The molecule has 6 heteroatoms. The Balaban J connectivity index is 2.38. The van der Waals surface area contributed by atoms with E-state index in [2.05, 4.69) is 12.2 Å². The number of furan rings is 1. The van der Waals surface area contributed by atoms with Gasteiger partial charge in [0, 0.05) is 44.0 Å². The van der Waals surface area contributed by atoms with Crippen molar-refractivity contribution in [2.24, 2.45) is 5.92 Å². The van der Waals surface area contributed by atoms with Crippen molar-refractivity contribution in [3.63, 3.8) is 0 Å². The van der Waals surface area contributed by atoms with E-state index in [-0.39, 0.29) is 23.8 Å². The number of rotatable bonds is 8. The van der Waals surface area contributed by atoms with Gasteiger partial charge in [-0.1, -0.05) is 20.8 Å². The van der Waals surface area contributed by atoms with Gasteiger partial charge in [-0.05, 0) is 49.2 Å². The molecule has 0 saturated heterocycles. The summed E-state index contributed by atoms with van der Waals surface area (Å²) in [6, 6.07) is 9.25. The lowest BCUT2D eigenvalue weighted by molar-refractivity contribution is -0.118. The van der Waals surface area contributed by atoms with Crippen LogP contribution in [0, 0.1) is 5.92 Å². The summed E-state index contributed by atoms with van der Waals surface area (Å²) >= 11 is 0. The van der Waals surface area contributed by atoms with Crippen LogP contribution in [0.4, 0.5) is 11.4 Å². The maximum atomic E-state index is 13.0. The number of amides is 2. The van der Waals surface area contributed by atoms with Crippen LogP contribution in [-0.4, -0.2) is 36.9 Å². The maximum absolute atomic E-state index is 13.0. The molecule has 1 aromatic carbocycles. The van der Waals surface area contributed by atoms with Crippen LogP contribution in [0.1, 0.15) is 50.2 Å². The summed E-state index contributed by atoms with van der Waals surface area (Å²) < 4.78 is 5.33. The Morgan fingerprint density at radius 3 is 2.39 bits per heavy atom. The van der Waals surface area contributed by atoms with Crippen molar-refractivity contribution in [2.75, 3.05) is 24.3 Å². The molecule has 0 radical (unpaired) electrons. The molecule has 152 valence electrons. The van der Waals surface area contributed by atoms with E-state index in [1.54, 1.807) is 12.1 Å². The van der Waals surface area contributed by atoms with E-state index in [0.29, 0.717) is 12.3 Å². The van der Waals surface area contributed by atoms with Crippen molar-refractivity contribution in [1.82, 2.24) is 4.90 Å². The topological polar surface area (TPSA) is 65.8 Å². The number of benzene rings is 1. The van der Waals surface area contributed by atoms with Crippen LogP contribution >= 0.6 is 0 Å². The maximum Gasteiger partial charge on any atom is 0.290 e. The van der Waals surface area contributed by atoms with E-state index < -0.39 is 0 Å². The normalized spacial score (nSPS) is 12.0. The predicted octanol–water partition coefficient (Wildman–Crippen LogP) is 4.38. The first kappa shape index (κ1) is 21.5. The summed E-state index contributed by atoms with van der Waals surface area (Å²) in [6.45, 7) is 8.22. The molecule has 28 heavy (non-hydrogen) atoms. The highest BCUT2D eigenvalue weighted by molar-refractivity contribution is 5.93. The minimum atomic E-state index is -0.138. The van der Waals surface area contributed by atoms with Gasteiger partial charge in [-0.3, -0.25) is 9.59 Å². The fourth-order valence-corrected chi connectivity index (χ4v) is 2.89. The molecule has 0 saturated carbocycles. The minimum absolute atomic E-state index is 0.0333.